The van der Waals surface area contributed by atoms with E-state index < -0.39 is 66.8 Å². The first kappa shape index (κ1) is 30.9. The summed E-state index contributed by atoms with van der Waals surface area (Å²) >= 11 is 6.27. The first-order chi connectivity index (χ1) is 20.6. The van der Waals surface area contributed by atoms with Gasteiger partial charge in [0.25, 0.3) is 5.91 Å². The molecule has 1 saturated carbocycles. The third kappa shape index (κ3) is 5.86. The van der Waals surface area contributed by atoms with Crippen molar-refractivity contribution in [3.8, 4) is 17.3 Å². The van der Waals surface area contributed by atoms with Gasteiger partial charge in [0.2, 0.25) is 0 Å². The number of hydrogen-bond donors (Lipinski definition) is 3. The number of ether oxygens (including phenoxy) is 2. The van der Waals surface area contributed by atoms with Crippen molar-refractivity contribution in [2.45, 2.75) is 68.8 Å². The normalized spacial score (nSPS) is 27.2. The van der Waals surface area contributed by atoms with E-state index in [1.54, 1.807) is 0 Å². The number of carbonyl (C=O) groups is 1. The first-order valence-electron chi connectivity index (χ1n) is 13.6. The average Bonchev–Trinajstić information content (AvgIpc) is 3.64. The maximum atomic E-state index is 14.4. The van der Waals surface area contributed by atoms with Gasteiger partial charge >= 0.3 is 0 Å². The second kappa shape index (κ2) is 12.6. The van der Waals surface area contributed by atoms with Crippen LogP contribution in [0.4, 0.5) is 14.5 Å². The Balaban J connectivity index is 1.55. The molecule has 2 fully saturated rings. The molecule has 1 aromatic heterocycles. The Bertz CT molecular complexity index is 1530. The molecule has 3 aromatic rings. The van der Waals surface area contributed by atoms with Gasteiger partial charge < -0.3 is 29.7 Å². The molecule has 1 saturated heterocycles. The number of halogens is 3. The molecule has 7 atom stereocenters. The smallest absolute Gasteiger partial charge is 0.259 e. The number of rotatable bonds is 7. The van der Waals surface area contributed by atoms with Gasteiger partial charge in [-0.1, -0.05) is 16.8 Å². The van der Waals surface area contributed by atoms with Crippen molar-refractivity contribution >= 4 is 23.2 Å². The number of amides is 1. The van der Waals surface area contributed by atoms with Crippen LogP contribution in [0.2, 0.25) is 5.02 Å². The van der Waals surface area contributed by atoms with Crippen LogP contribution in [0.15, 0.2) is 36.5 Å². The van der Waals surface area contributed by atoms with E-state index in [9.17, 15) is 34.2 Å². The Hall–Kier alpha value is -3.51. The van der Waals surface area contributed by atoms with Crippen molar-refractivity contribution in [3.63, 3.8) is 0 Å². The van der Waals surface area contributed by atoms with Crippen LogP contribution >= 0.6 is 11.6 Å². The van der Waals surface area contributed by atoms with Gasteiger partial charge in [-0.2, -0.15) is 5.26 Å². The molecule has 0 bridgehead atoms. The number of anilines is 1. The second-order valence-electron chi connectivity index (χ2n) is 10.7. The van der Waals surface area contributed by atoms with Crippen LogP contribution in [0.1, 0.15) is 36.4 Å². The maximum absolute atomic E-state index is 14.4. The minimum atomic E-state index is -1.44. The summed E-state index contributed by atoms with van der Waals surface area (Å²) in [4.78, 5) is 15.7. The summed E-state index contributed by atoms with van der Waals surface area (Å²) in [6, 6.07) is 6.80. The topological polar surface area (TPSA) is 154 Å². The molecular weight excluding hydrogens is 588 g/mol. The highest BCUT2D eigenvalue weighted by molar-refractivity contribution is 6.31. The van der Waals surface area contributed by atoms with Crippen LogP contribution in [0.25, 0.3) is 11.3 Å². The third-order valence-electron chi connectivity index (χ3n) is 8.08. The predicted molar refractivity (Wildman–Crippen MR) is 149 cm³/mol. The number of methoxy groups -OCH3 is 1. The van der Waals surface area contributed by atoms with Gasteiger partial charge in [-0.05, 0) is 56.5 Å². The summed E-state index contributed by atoms with van der Waals surface area (Å²) in [5.74, 6) is -2.21. The lowest BCUT2D eigenvalue weighted by Gasteiger charge is -2.45. The number of nitriles is 1. The lowest BCUT2D eigenvalue weighted by Crippen LogP contribution is -2.62. The Kier molecular flexibility index (Phi) is 9.07. The van der Waals surface area contributed by atoms with E-state index in [1.165, 1.54) is 48.0 Å². The van der Waals surface area contributed by atoms with E-state index in [4.69, 9.17) is 21.1 Å². The van der Waals surface area contributed by atoms with Gasteiger partial charge in [0.15, 0.2) is 6.10 Å². The molecule has 2 aromatic carbocycles. The number of carbonyl (C=O) groups excluding carboxylic acids is 1. The SMILES string of the molecule is CO[C@@H]1[C@@H](n2cc(-c3cc(F)c(C)c(F)c3)nn2)[C@@H](O)[C@@H](CO)O[C@H]1C(=O)N(c1cc(Cl)cc(C#N)c1)[C@H]1CCC[C@@H]1O. The zero-order valence-electron chi connectivity index (χ0n) is 23.3. The molecule has 14 heteroatoms. The van der Waals surface area contributed by atoms with E-state index in [-0.39, 0.29) is 33.1 Å². The maximum Gasteiger partial charge on any atom is 0.259 e. The molecule has 1 amide bonds. The lowest BCUT2D eigenvalue weighted by molar-refractivity contribution is -0.211. The van der Waals surface area contributed by atoms with Gasteiger partial charge in [-0.3, -0.25) is 4.79 Å². The molecule has 0 unspecified atom stereocenters. The van der Waals surface area contributed by atoms with Crippen molar-refractivity contribution in [3.05, 3.63) is 64.3 Å². The number of benzene rings is 2. The molecule has 228 valence electrons. The monoisotopic (exact) mass is 617 g/mol. The number of aromatic nitrogens is 3. The molecule has 2 aliphatic rings. The standard InChI is InChI=1S/C29H30ClF2N5O6/c1-14-19(31)8-16(9-20(14)32)21-12-36(35-34-21)25-26(40)24(13-38)43-28(27(25)42-2)29(41)37(22-4-3-5-23(22)39)18-7-15(11-33)6-17(30)10-18/h6-10,12,22-28,38-40H,3-5,13H2,1-2H3/t22-,23-,24+,25-,26-,27+,28+/m0/s1. The Morgan fingerprint density at radius 1 is 1.23 bits per heavy atom. The van der Waals surface area contributed by atoms with Crippen molar-refractivity contribution in [2.75, 3.05) is 18.6 Å². The highest BCUT2D eigenvalue weighted by atomic mass is 35.5. The Morgan fingerprint density at radius 2 is 1.95 bits per heavy atom. The summed E-state index contributed by atoms with van der Waals surface area (Å²) in [7, 11) is 1.30. The number of aliphatic hydroxyl groups is 3. The van der Waals surface area contributed by atoms with E-state index in [1.807, 2.05) is 6.07 Å². The molecule has 3 N–H and O–H groups in total. The number of nitrogens with zero attached hydrogens (tertiary/aromatic N) is 5. The average molecular weight is 618 g/mol. The van der Waals surface area contributed by atoms with Crippen LogP contribution in [0, 0.1) is 29.9 Å². The van der Waals surface area contributed by atoms with Gasteiger partial charge in [0.1, 0.15) is 41.7 Å². The van der Waals surface area contributed by atoms with Crippen molar-refractivity contribution in [1.82, 2.24) is 15.0 Å². The summed E-state index contributed by atoms with van der Waals surface area (Å²) in [6.07, 6.45) is -3.33. The highest BCUT2D eigenvalue weighted by Crippen LogP contribution is 2.37. The van der Waals surface area contributed by atoms with E-state index in [0.717, 1.165) is 12.1 Å². The fourth-order valence-electron chi connectivity index (χ4n) is 5.83. The summed E-state index contributed by atoms with van der Waals surface area (Å²) < 4.78 is 41.4. The third-order valence-corrected chi connectivity index (χ3v) is 8.30. The highest BCUT2D eigenvalue weighted by Gasteiger charge is 2.52. The number of aliphatic hydroxyl groups excluding tert-OH is 3. The Labute approximate surface area is 250 Å². The molecule has 2 heterocycles. The number of hydrogen-bond acceptors (Lipinski definition) is 9. The van der Waals surface area contributed by atoms with Crippen molar-refractivity contribution < 1.29 is 38.4 Å². The van der Waals surface area contributed by atoms with Crippen LogP contribution in [-0.4, -0.2) is 86.5 Å². The zero-order chi connectivity index (χ0) is 31.0. The first-order valence-corrected chi connectivity index (χ1v) is 14.0. The molecule has 0 spiro atoms. The van der Waals surface area contributed by atoms with Gasteiger partial charge in [-0.25, -0.2) is 13.5 Å². The summed E-state index contributed by atoms with van der Waals surface area (Å²) in [5, 5.41) is 49.9. The fourth-order valence-corrected chi connectivity index (χ4v) is 6.06. The summed E-state index contributed by atoms with van der Waals surface area (Å²) in [6.45, 7) is 0.632. The Morgan fingerprint density at radius 3 is 2.56 bits per heavy atom. The van der Waals surface area contributed by atoms with Crippen LogP contribution < -0.4 is 4.90 Å². The van der Waals surface area contributed by atoms with Crippen LogP contribution in [-0.2, 0) is 14.3 Å². The lowest BCUT2D eigenvalue weighted by atomic mass is 9.91. The van der Waals surface area contributed by atoms with Gasteiger partial charge in [-0.15, -0.1) is 5.10 Å². The largest absolute Gasteiger partial charge is 0.394 e. The van der Waals surface area contributed by atoms with Crippen molar-refractivity contribution in [2.24, 2.45) is 0 Å². The minimum Gasteiger partial charge on any atom is -0.394 e. The van der Waals surface area contributed by atoms with E-state index >= 15 is 0 Å². The zero-order valence-corrected chi connectivity index (χ0v) is 24.0. The predicted octanol–water partition coefficient (Wildman–Crippen LogP) is 2.68. The van der Waals surface area contributed by atoms with Crippen molar-refractivity contribution in [1.29, 1.82) is 5.26 Å². The molecule has 5 rings (SSSR count). The fraction of sp³-hybridized carbons (Fsp3) is 0.448. The van der Waals surface area contributed by atoms with Crippen LogP contribution in [0.3, 0.4) is 0 Å². The molecular formula is C29H30ClF2N5O6. The minimum absolute atomic E-state index is 0.0911. The molecule has 43 heavy (non-hydrogen) atoms. The molecule has 0 radical (unpaired) electrons. The molecule has 1 aliphatic heterocycles. The molecule has 11 nitrogen and oxygen atoms in total. The van der Waals surface area contributed by atoms with E-state index in [0.29, 0.717) is 19.3 Å². The van der Waals surface area contributed by atoms with Crippen LogP contribution in [0.5, 0.6) is 0 Å². The van der Waals surface area contributed by atoms with E-state index in [2.05, 4.69) is 10.3 Å². The quantitative estimate of drug-likeness (QED) is 0.363. The second-order valence-corrected chi connectivity index (χ2v) is 11.1. The summed E-state index contributed by atoms with van der Waals surface area (Å²) in [5.41, 5.74) is 0.494. The van der Waals surface area contributed by atoms with Gasteiger partial charge in [0, 0.05) is 28.9 Å². The van der Waals surface area contributed by atoms with Gasteiger partial charge in [0.05, 0.1) is 36.6 Å². The molecule has 1 aliphatic carbocycles.